The first-order valence-electron chi connectivity index (χ1n) is 8.62. The Bertz CT molecular complexity index is 1270. The van der Waals surface area contributed by atoms with Crippen molar-refractivity contribution in [2.75, 3.05) is 5.32 Å². The van der Waals surface area contributed by atoms with Gasteiger partial charge in [0, 0.05) is 27.9 Å². The molecule has 0 saturated carbocycles. The number of para-hydroxylation sites is 2. The van der Waals surface area contributed by atoms with Gasteiger partial charge < -0.3 is 4.98 Å². The second kappa shape index (κ2) is 6.78. The number of fused-ring (bicyclic) bond motifs is 2. The molecule has 0 fully saturated rings. The quantitative estimate of drug-likeness (QED) is 0.450. The molecule has 2 N–H and O–H groups in total. The minimum atomic E-state index is -0.138. The van der Waals surface area contributed by atoms with Gasteiger partial charge in [-0.1, -0.05) is 35.9 Å². The minimum Gasteiger partial charge on any atom is -0.324 e. The lowest BCUT2D eigenvalue weighted by atomic mass is 10.2. The third kappa shape index (κ3) is 3.15. The number of benzene rings is 2. The summed E-state index contributed by atoms with van der Waals surface area (Å²) in [6.45, 7) is 0. The van der Waals surface area contributed by atoms with Crippen LogP contribution in [0.25, 0.3) is 27.3 Å². The summed E-state index contributed by atoms with van der Waals surface area (Å²) >= 11 is 7.46. The van der Waals surface area contributed by atoms with Crippen LogP contribution in [-0.2, 0) is 11.2 Å². The van der Waals surface area contributed by atoms with E-state index in [1.54, 1.807) is 0 Å². The Morgan fingerprint density at radius 3 is 2.79 bits per heavy atom. The summed E-state index contributed by atoms with van der Waals surface area (Å²) in [7, 11) is 0. The number of H-pyrrole nitrogens is 1. The maximum absolute atomic E-state index is 12.5. The van der Waals surface area contributed by atoms with Crippen LogP contribution in [0.1, 0.15) is 5.69 Å². The molecule has 3 aromatic heterocycles. The summed E-state index contributed by atoms with van der Waals surface area (Å²) < 4.78 is 1.95. The maximum Gasteiger partial charge on any atom is 0.232 e. The molecule has 0 aliphatic rings. The smallest absolute Gasteiger partial charge is 0.232 e. The van der Waals surface area contributed by atoms with Crippen molar-refractivity contribution in [3.8, 4) is 11.3 Å². The topological polar surface area (TPSA) is 75.1 Å². The van der Waals surface area contributed by atoms with Crippen molar-refractivity contribution < 1.29 is 4.79 Å². The number of thiazole rings is 1. The molecule has 0 bridgehead atoms. The van der Waals surface area contributed by atoms with Gasteiger partial charge in [0.2, 0.25) is 11.9 Å². The summed E-state index contributed by atoms with van der Waals surface area (Å²) in [5, 5.41) is 5.47. The van der Waals surface area contributed by atoms with Crippen LogP contribution in [0.15, 0.2) is 60.1 Å². The van der Waals surface area contributed by atoms with Crippen LogP contribution < -0.4 is 5.32 Å². The van der Waals surface area contributed by atoms with Crippen LogP contribution in [-0.4, -0.2) is 25.3 Å². The Labute approximate surface area is 168 Å². The number of aromatic nitrogens is 4. The van der Waals surface area contributed by atoms with Gasteiger partial charge in [-0.25, -0.2) is 9.97 Å². The molecule has 0 aliphatic heterocycles. The van der Waals surface area contributed by atoms with Gasteiger partial charge in [0.1, 0.15) is 0 Å². The molecular formula is C20H14ClN5OS. The zero-order valence-electron chi connectivity index (χ0n) is 14.5. The molecule has 0 atom stereocenters. The summed E-state index contributed by atoms with van der Waals surface area (Å²) in [6, 6.07) is 15.2. The average Bonchev–Trinajstić information content (AvgIpc) is 3.37. The lowest BCUT2D eigenvalue weighted by Crippen LogP contribution is -2.16. The Kier molecular flexibility index (Phi) is 4.11. The van der Waals surface area contributed by atoms with Crippen LogP contribution in [0.5, 0.6) is 0 Å². The molecule has 5 aromatic rings. The van der Waals surface area contributed by atoms with Gasteiger partial charge in [0.25, 0.3) is 0 Å². The van der Waals surface area contributed by atoms with Crippen LogP contribution >= 0.6 is 22.9 Å². The Hall–Kier alpha value is -3.16. The molecule has 0 saturated heterocycles. The third-order valence-electron chi connectivity index (χ3n) is 4.41. The van der Waals surface area contributed by atoms with Gasteiger partial charge in [0.05, 0.1) is 23.1 Å². The molecule has 138 valence electrons. The van der Waals surface area contributed by atoms with Crippen LogP contribution in [0.4, 0.5) is 5.95 Å². The van der Waals surface area contributed by atoms with Crippen LogP contribution in [0.3, 0.4) is 0 Å². The Morgan fingerprint density at radius 2 is 1.96 bits per heavy atom. The number of hydrogen-bond acceptors (Lipinski definition) is 4. The van der Waals surface area contributed by atoms with E-state index in [4.69, 9.17) is 11.6 Å². The number of amides is 1. The third-order valence-corrected chi connectivity index (χ3v) is 5.55. The lowest BCUT2D eigenvalue weighted by molar-refractivity contribution is -0.115. The van der Waals surface area contributed by atoms with E-state index in [0.29, 0.717) is 11.0 Å². The molecule has 2 aromatic carbocycles. The normalized spacial score (nSPS) is 11.3. The van der Waals surface area contributed by atoms with E-state index in [0.717, 1.165) is 32.9 Å². The van der Waals surface area contributed by atoms with Crippen molar-refractivity contribution in [1.82, 2.24) is 19.4 Å². The predicted octanol–water partition coefficient (Wildman–Crippen LogP) is 4.77. The Morgan fingerprint density at radius 1 is 1.14 bits per heavy atom. The second-order valence-electron chi connectivity index (χ2n) is 6.34. The number of halogens is 1. The lowest BCUT2D eigenvalue weighted by Gasteiger charge is -2.01. The van der Waals surface area contributed by atoms with Crippen molar-refractivity contribution in [1.29, 1.82) is 0 Å². The molecule has 5 rings (SSSR count). The summed E-state index contributed by atoms with van der Waals surface area (Å²) in [5.41, 5.74) is 4.41. The molecule has 8 heteroatoms. The predicted molar refractivity (Wildman–Crippen MR) is 112 cm³/mol. The number of hydrogen-bond donors (Lipinski definition) is 2. The monoisotopic (exact) mass is 407 g/mol. The fourth-order valence-corrected chi connectivity index (χ4v) is 4.07. The number of anilines is 1. The SMILES string of the molecule is O=C(Cc1csc2nc(-c3ccc(Cl)cc3)cn12)Nc1nc2ccccc2[nH]1. The van der Waals surface area contributed by atoms with Crippen LogP contribution in [0.2, 0.25) is 5.02 Å². The van der Waals surface area contributed by atoms with E-state index < -0.39 is 0 Å². The van der Waals surface area contributed by atoms with Gasteiger partial charge in [-0.2, -0.15) is 0 Å². The van der Waals surface area contributed by atoms with Crippen molar-refractivity contribution in [2.45, 2.75) is 6.42 Å². The van der Waals surface area contributed by atoms with Gasteiger partial charge in [-0.15, -0.1) is 11.3 Å². The zero-order chi connectivity index (χ0) is 19.1. The standard InChI is InChI=1S/C20H14ClN5OS/c21-13-7-5-12(6-8-13)17-10-26-14(11-28-20(26)24-17)9-18(27)25-19-22-15-3-1-2-4-16(15)23-19/h1-8,10-11H,9H2,(H2,22,23,25,27). The molecule has 3 heterocycles. The number of rotatable bonds is 4. The van der Waals surface area contributed by atoms with Crippen molar-refractivity contribution in [3.05, 3.63) is 70.8 Å². The van der Waals surface area contributed by atoms with E-state index in [1.165, 1.54) is 11.3 Å². The van der Waals surface area contributed by atoms with Gasteiger partial charge in [0.15, 0.2) is 4.96 Å². The maximum atomic E-state index is 12.5. The molecular weight excluding hydrogens is 394 g/mol. The van der Waals surface area contributed by atoms with E-state index in [2.05, 4.69) is 20.3 Å². The van der Waals surface area contributed by atoms with Crippen LogP contribution in [0, 0.1) is 0 Å². The minimum absolute atomic E-state index is 0.138. The van der Waals surface area contributed by atoms with E-state index in [-0.39, 0.29) is 12.3 Å². The number of carbonyl (C=O) groups excluding carboxylic acids is 1. The van der Waals surface area contributed by atoms with Crippen molar-refractivity contribution in [2.24, 2.45) is 0 Å². The molecule has 0 aliphatic carbocycles. The summed E-state index contributed by atoms with van der Waals surface area (Å²) in [5.74, 6) is 0.311. The largest absolute Gasteiger partial charge is 0.324 e. The van der Waals surface area contributed by atoms with Crippen molar-refractivity contribution in [3.63, 3.8) is 0 Å². The highest BCUT2D eigenvalue weighted by Crippen LogP contribution is 2.25. The number of nitrogens with zero attached hydrogens (tertiary/aromatic N) is 3. The fourth-order valence-electron chi connectivity index (χ4n) is 3.07. The molecule has 0 unspecified atom stereocenters. The number of aromatic amines is 1. The highest BCUT2D eigenvalue weighted by molar-refractivity contribution is 7.15. The number of nitrogens with one attached hydrogen (secondary N) is 2. The molecule has 28 heavy (non-hydrogen) atoms. The molecule has 0 radical (unpaired) electrons. The summed E-state index contributed by atoms with van der Waals surface area (Å²) in [4.78, 5) is 25.5. The van der Waals surface area contributed by atoms with E-state index in [1.807, 2.05) is 64.5 Å². The zero-order valence-corrected chi connectivity index (χ0v) is 16.1. The van der Waals surface area contributed by atoms with Crippen molar-refractivity contribution >= 4 is 50.8 Å². The highest BCUT2D eigenvalue weighted by Gasteiger charge is 2.14. The van der Waals surface area contributed by atoms with E-state index >= 15 is 0 Å². The van der Waals surface area contributed by atoms with Gasteiger partial charge >= 0.3 is 0 Å². The molecule has 6 nitrogen and oxygen atoms in total. The fraction of sp³-hybridized carbons (Fsp3) is 0.0500. The number of carbonyl (C=O) groups is 1. The highest BCUT2D eigenvalue weighted by atomic mass is 35.5. The average molecular weight is 408 g/mol. The Balaban J connectivity index is 1.37. The van der Waals surface area contributed by atoms with E-state index in [9.17, 15) is 4.79 Å². The second-order valence-corrected chi connectivity index (χ2v) is 7.61. The first-order valence-corrected chi connectivity index (χ1v) is 9.87. The first kappa shape index (κ1) is 17.0. The molecule has 1 amide bonds. The first-order chi connectivity index (χ1) is 13.7. The molecule has 0 spiro atoms. The van der Waals surface area contributed by atoms with Gasteiger partial charge in [-0.3, -0.25) is 14.5 Å². The summed E-state index contributed by atoms with van der Waals surface area (Å²) in [6.07, 6.45) is 2.17. The number of imidazole rings is 2. The van der Waals surface area contributed by atoms with Gasteiger partial charge in [-0.05, 0) is 24.3 Å².